The number of benzene rings is 1. The van der Waals surface area contributed by atoms with E-state index in [1.165, 1.54) is 14.2 Å². The first-order chi connectivity index (χ1) is 14.2. The van der Waals surface area contributed by atoms with Crippen LogP contribution in [0.5, 0.6) is 11.5 Å². The predicted octanol–water partition coefficient (Wildman–Crippen LogP) is 2.72. The van der Waals surface area contributed by atoms with Crippen molar-refractivity contribution in [3.63, 3.8) is 0 Å². The van der Waals surface area contributed by atoms with Gasteiger partial charge in [-0.1, -0.05) is 17.9 Å². The highest BCUT2D eigenvalue weighted by molar-refractivity contribution is 5.95. The van der Waals surface area contributed by atoms with E-state index in [9.17, 15) is 9.90 Å². The van der Waals surface area contributed by atoms with Gasteiger partial charge in [0.05, 0.1) is 27.4 Å². The van der Waals surface area contributed by atoms with E-state index in [-0.39, 0.29) is 25.1 Å². The quantitative estimate of drug-likeness (QED) is 0.500. The standard InChI is InChI=1S/C22H28O7/c1-25-18-8-5-9-19(26-2)21(18)22(24)29-15-6-7-17(11-13-23)12-16-28-20-10-3-4-14-27-20/h5,8-9,11,20,23H,3-4,10,12-16H2,1-2H3/b17-11+. The van der Waals surface area contributed by atoms with Crippen LogP contribution >= 0.6 is 0 Å². The molecule has 7 nitrogen and oxygen atoms in total. The molecule has 29 heavy (non-hydrogen) atoms. The molecule has 1 saturated heterocycles. The second-order valence-corrected chi connectivity index (χ2v) is 6.24. The molecule has 0 bridgehead atoms. The normalized spacial score (nSPS) is 16.5. The summed E-state index contributed by atoms with van der Waals surface area (Å²) >= 11 is 0. The molecule has 0 saturated carbocycles. The Morgan fingerprint density at radius 2 is 2.03 bits per heavy atom. The van der Waals surface area contributed by atoms with Crippen molar-refractivity contribution in [2.24, 2.45) is 0 Å². The Bertz CT molecular complexity index is 717. The molecule has 1 N–H and O–H groups in total. The highest BCUT2D eigenvalue weighted by atomic mass is 16.7. The van der Waals surface area contributed by atoms with Gasteiger partial charge in [0, 0.05) is 18.6 Å². The number of hydrogen-bond donors (Lipinski definition) is 1. The average molecular weight is 404 g/mol. The summed E-state index contributed by atoms with van der Waals surface area (Å²) in [6, 6.07) is 5.03. The van der Waals surface area contributed by atoms with Crippen LogP contribution in [0, 0.1) is 11.8 Å². The minimum atomic E-state index is -0.584. The fraction of sp³-hybridized carbons (Fsp3) is 0.500. The molecule has 1 heterocycles. The molecule has 0 radical (unpaired) electrons. The second kappa shape index (κ2) is 12.8. The molecule has 1 aromatic carbocycles. The fourth-order valence-electron chi connectivity index (χ4n) is 2.84. The molecule has 0 spiro atoms. The van der Waals surface area contributed by atoms with Crippen molar-refractivity contribution < 1.29 is 33.6 Å². The number of rotatable bonds is 9. The summed E-state index contributed by atoms with van der Waals surface area (Å²) < 4.78 is 26.8. The molecule has 0 amide bonds. The minimum Gasteiger partial charge on any atom is -0.496 e. The third kappa shape index (κ3) is 7.42. The number of ether oxygens (including phenoxy) is 5. The number of aliphatic hydroxyl groups excluding tert-OH is 1. The summed E-state index contributed by atoms with van der Waals surface area (Å²) in [5.74, 6) is 5.85. The largest absolute Gasteiger partial charge is 0.496 e. The summed E-state index contributed by atoms with van der Waals surface area (Å²) in [6.45, 7) is 0.951. The van der Waals surface area contributed by atoms with Crippen molar-refractivity contribution in [3.8, 4) is 23.3 Å². The van der Waals surface area contributed by atoms with Gasteiger partial charge < -0.3 is 28.8 Å². The van der Waals surface area contributed by atoms with Gasteiger partial charge in [0.2, 0.25) is 0 Å². The Balaban J connectivity index is 1.86. The maximum absolute atomic E-state index is 12.4. The molecule has 1 aliphatic heterocycles. The zero-order chi connectivity index (χ0) is 20.9. The fourth-order valence-corrected chi connectivity index (χ4v) is 2.84. The molecule has 1 atom stereocenters. The lowest BCUT2D eigenvalue weighted by Gasteiger charge is -2.22. The number of esters is 1. The Morgan fingerprint density at radius 1 is 1.28 bits per heavy atom. The van der Waals surface area contributed by atoms with Crippen LogP contribution in [0.1, 0.15) is 36.0 Å². The lowest BCUT2D eigenvalue weighted by atomic mass is 10.1. The lowest BCUT2D eigenvalue weighted by molar-refractivity contribution is -0.161. The summed E-state index contributed by atoms with van der Waals surface area (Å²) in [6.07, 6.45) is 5.06. The molecule has 2 rings (SSSR count). The van der Waals surface area contributed by atoms with Gasteiger partial charge >= 0.3 is 5.97 Å². The molecular formula is C22H28O7. The highest BCUT2D eigenvalue weighted by Crippen LogP contribution is 2.28. The molecule has 0 aliphatic carbocycles. The van der Waals surface area contributed by atoms with E-state index in [2.05, 4.69) is 11.8 Å². The van der Waals surface area contributed by atoms with Crippen molar-refractivity contribution in [2.45, 2.75) is 32.0 Å². The van der Waals surface area contributed by atoms with Crippen LogP contribution in [0.15, 0.2) is 29.8 Å². The number of methoxy groups -OCH3 is 2. The van der Waals surface area contributed by atoms with E-state index in [4.69, 9.17) is 23.7 Å². The minimum absolute atomic E-state index is 0.102. The highest BCUT2D eigenvalue weighted by Gasteiger charge is 2.19. The summed E-state index contributed by atoms with van der Waals surface area (Å²) in [4.78, 5) is 12.4. The molecule has 1 unspecified atom stereocenters. The van der Waals surface area contributed by atoms with Gasteiger partial charge in [-0.3, -0.25) is 0 Å². The summed E-state index contributed by atoms with van der Waals surface area (Å²) in [5, 5.41) is 9.17. The molecule has 7 heteroatoms. The van der Waals surface area contributed by atoms with E-state index < -0.39 is 5.97 Å². The topological polar surface area (TPSA) is 83.5 Å². The molecule has 0 aromatic heterocycles. The Kier molecular flexibility index (Phi) is 10.1. The van der Waals surface area contributed by atoms with Crippen molar-refractivity contribution in [1.82, 2.24) is 0 Å². The van der Waals surface area contributed by atoms with Crippen LogP contribution in [-0.2, 0) is 14.2 Å². The first kappa shape index (κ1) is 22.8. The predicted molar refractivity (Wildman–Crippen MR) is 107 cm³/mol. The van der Waals surface area contributed by atoms with Crippen molar-refractivity contribution in [3.05, 3.63) is 35.4 Å². The SMILES string of the molecule is COc1cccc(OC)c1C(=O)OCC#C/C(=C\CO)CCOC1CCCCO1. The maximum Gasteiger partial charge on any atom is 0.346 e. The Hall–Kier alpha value is -2.53. The van der Waals surface area contributed by atoms with E-state index in [1.54, 1.807) is 24.3 Å². The van der Waals surface area contributed by atoms with E-state index >= 15 is 0 Å². The summed E-state index contributed by atoms with van der Waals surface area (Å²) in [7, 11) is 2.94. The van der Waals surface area contributed by atoms with Crippen LogP contribution in [0.25, 0.3) is 0 Å². The Morgan fingerprint density at radius 3 is 2.66 bits per heavy atom. The van der Waals surface area contributed by atoms with Crippen LogP contribution < -0.4 is 9.47 Å². The number of carbonyl (C=O) groups is 1. The number of hydrogen-bond acceptors (Lipinski definition) is 7. The van der Waals surface area contributed by atoms with Crippen LogP contribution in [0.3, 0.4) is 0 Å². The monoisotopic (exact) mass is 404 g/mol. The third-order valence-electron chi connectivity index (χ3n) is 4.31. The Labute approximate surface area is 171 Å². The lowest BCUT2D eigenvalue weighted by Crippen LogP contribution is -2.22. The first-order valence-corrected chi connectivity index (χ1v) is 9.59. The van der Waals surface area contributed by atoms with E-state index in [0.29, 0.717) is 30.1 Å². The second-order valence-electron chi connectivity index (χ2n) is 6.24. The van der Waals surface area contributed by atoms with Gasteiger partial charge in [0.1, 0.15) is 17.1 Å². The molecule has 1 fully saturated rings. The number of carbonyl (C=O) groups excluding carboxylic acids is 1. The van der Waals surface area contributed by atoms with Crippen LogP contribution in [0.4, 0.5) is 0 Å². The van der Waals surface area contributed by atoms with E-state index in [0.717, 1.165) is 25.9 Å². The van der Waals surface area contributed by atoms with Gasteiger partial charge in [-0.25, -0.2) is 4.79 Å². The van der Waals surface area contributed by atoms with Gasteiger partial charge in [0.25, 0.3) is 0 Å². The van der Waals surface area contributed by atoms with Gasteiger partial charge in [0.15, 0.2) is 12.9 Å². The van der Waals surface area contributed by atoms with Crippen molar-refractivity contribution in [2.75, 3.05) is 40.6 Å². The maximum atomic E-state index is 12.4. The number of aliphatic hydroxyl groups is 1. The van der Waals surface area contributed by atoms with Gasteiger partial charge in [-0.05, 0) is 37.5 Å². The van der Waals surface area contributed by atoms with E-state index in [1.807, 2.05) is 0 Å². The van der Waals surface area contributed by atoms with Crippen molar-refractivity contribution in [1.29, 1.82) is 0 Å². The van der Waals surface area contributed by atoms with Gasteiger partial charge in [-0.15, -0.1) is 0 Å². The van der Waals surface area contributed by atoms with Crippen LogP contribution in [0.2, 0.25) is 0 Å². The molecule has 158 valence electrons. The van der Waals surface area contributed by atoms with Crippen LogP contribution in [-0.4, -0.2) is 58.0 Å². The molecule has 1 aromatic rings. The smallest absolute Gasteiger partial charge is 0.346 e. The van der Waals surface area contributed by atoms with Gasteiger partial charge in [-0.2, -0.15) is 0 Å². The summed E-state index contributed by atoms with van der Waals surface area (Å²) in [5.41, 5.74) is 0.931. The average Bonchev–Trinajstić information content (AvgIpc) is 2.76. The third-order valence-corrected chi connectivity index (χ3v) is 4.31. The molecule has 1 aliphatic rings. The molecular weight excluding hydrogens is 376 g/mol. The zero-order valence-corrected chi connectivity index (χ0v) is 16.9. The van der Waals surface area contributed by atoms with Crippen molar-refractivity contribution >= 4 is 5.97 Å². The zero-order valence-electron chi connectivity index (χ0n) is 16.9. The first-order valence-electron chi connectivity index (χ1n) is 9.59.